The lowest BCUT2D eigenvalue weighted by Crippen LogP contribution is -2.20. The molecule has 0 bridgehead atoms. The number of hydrogen-bond acceptors (Lipinski definition) is 3. The van der Waals surface area contributed by atoms with E-state index in [0.717, 1.165) is 6.08 Å². The van der Waals surface area contributed by atoms with Crippen LogP contribution in [0, 0.1) is 0 Å². The average molecular weight is 172 g/mol. The van der Waals surface area contributed by atoms with Crippen LogP contribution in [0.25, 0.3) is 0 Å². The molecule has 1 N–H and O–H groups in total. The monoisotopic (exact) mass is 172 g/mol. The third kappa shape index (κ3) is 4.91. The summed E-state index contributed by atoms with van der Waals surface area (Å²) in [5.74, 6) is -0.428. The highest BCUT2D eigenvalue weighted by Crippen LogP contribution is 2.07. The first kappa shape index (κ1) is 11.2. The predicted octanol–water partition coefficient (Wildman–Crippen LogP) is 1.27. The molecule has 0 aromatic rings. The van der Waals surface area contributed by atoms with Crippen LogP contribution in [0.2, 0.25) is 0 Å². The highest BCUT2D eigenvalue weighted by molar-refractivity contribution is 5.81. The Bertz CT molecular complexity index is 152. The van der Waals surface area contributed by atoms with E-state index in [1.165, 1.54) is 0 Å². The van der Waals surface area contributed by atoms with Gasteiger partial charge in [0.25, 0.3) is 0 Å². The summed E-state index contributed by atoms with van der Waals surface area (Å²) in [6, 6.07) is 0. The van der Waals surface area contributed by atoms with Crippen LogP contribution in [0.3, 0.4) is 0 Å². The van der Waals surface area contributed by atoms with Crippen molar-refractivity contribution in [3.8, 4) is 0 Å². The van der Waals surface area contributed by atoms with Gasteiger partial charge in [-0.3, -0.25) is 0 Å². The predicted molar refractivity (Wildman–Crippen MR) is 46.7 cm³/mol. The zero-order chi connectivity index (χ0) is 9.56. The summed E-state index contributed by atoms with van der Waals surface area (Å²) in [6.07, 6.45) is 1.69. The van der Waals surface area contributed by atoms with Gasteiger partial charge >= 0.3 is 5.97 Å². The maximum Gasteiger partial charge on any atom is 0.330 e. The van der Waals surface area contributed by atoms with Gasteiger partial charge < -0.3 is 9.84 Å². The minimum Gasteiger partial charge on any atom is -0.459 e. The second-order valence-electron chi connectivity index (χ2n) is 2.76. The summed E-state index contributed by atoms with van der Waals surface area (Å²) in [6.45, 7) is 6.87. The Hall–Kier alpha value is -0.830. The first-order valence-electron chi connectivity index (χ1n) is 4.11. The molecule has 0 radical (unpaired) electrons. The van der Waals surface area contributed by atoms with Gasteiger partial charge in [-0.1, -0.05) is 13.5 Å². The summed E-state index contributed by atoms with van der Waals surface area (Å²) in [4.78, 5) is 10.7. The third-order valence-electron chi connectivity index (χ3n) is 1.51. The van der Waals surface area contributed by atoms with Gasteiger partial charge in [-0.2, -0.15) is 0 Å². The van der Waals surface area contributed by atoms with Crippen LogP contribution in [0.5, 0.6) is 0 Å². The third-order valence-corrected chi connectivity index (χ3v) is 1.51. The van der Waals surface area contributed by atoms with Gasteiger partial charge in [-0.05, 0) is 13.3 Å². The van der Waals surface area contributed by atoms with Gasteiger partial charge in [0.1, 0.15) is 6.10 Å². The van der Waals surface area contributed by atoms with Crippen LogP contribution >= 0.6 is 0 Å². The number of carbonyl (C=O) groups excluding carboxylic acids is 1. The number of esters is 1. The van der Waals surface area contributed by atoms with Crippen molar-refractivity contribution in [2.24, 2.45) is 0 Å². The molecular formula is C9H16O3. The van der Waals surface area contributed by atoms with Crippen molar-refractivity contribution in [2.75, 3.05) is 0 Å². The van der Waals surface area contributed by atoms with Crippen LogP contribution < -0.4 is 0 Å². The van der Waals surface area contributed by atoms with Crippen LogP contribution in [0.15, 0.2) is 12.7 Å². The molecule has 0 spiro atoms. The molecule has 0 fully saturated rings. The zero-order valence-electron chi connectivity index (χ0n) is 7.62. The van der Waals surface area contributed by atoms with E-state index in [1.807, 2.05) is 6.92 Å². The largest absolute Gasteiger partial charge is 0.459 e. The van der Waals surface area contributed by atoms with E-state index in [9.17, 15) is 4.79 Å². The van der Waals surface area contributed by atoms with E-state index in [0.29, 0.717) is 12.8 Å². The molecule has 2 atom stereocenters. The van der Waals surface area contributed by atoms with E-state index >= 15 is 0 Å². The van der Waals surface area contributed by atoms with Crippen LogP contribution in [-0.2, 0) is 9.53 Å². The Kier molecular flexibility index (Phi) is 5.37. The first-order chi connectivity index (χ1) is 5.60. The normalized spacial score (nSPS) is 14.9. The molecule has 0 aromatic carbocycles. The lowest BCUT2D eigenvalue weighted by atomic mass is 10.1. The van der Waals surface area contributed by atoms with Gasteiger partial charge in [-0.25, -0.2) is 4.79 Å². The summed E-state index contributed by atoms with van der Waals surface area (Å²) >= 11 is 0. The molecule has 0 aromatic heterocycles. The molecule has 3 nitrogen and oxygen atoms in total. The minimum absolute atomic E-state index is 0.199. The number of aliphatic hydroxyl groups excluding tert-OH is 1. The fourth-order valence-corrected chi connectivity index (χ4v) is 0.891. The quantitative estimate of drug-likeness (QED) is 0.501. The van der Waals surface area contributed by atoms with Gasteiger partial charge in [0.2, 0.25) is 0 Å². The van der Waals surface area contributed by atoms with Crippen molar-refractivity contribution in [1.82, 2.24) is 0 Å². The van der Waals surface area contributed by atoms with Crippen molar-refractivity contribution in [3.05, 3.63) is 12.7 Å². The fourth-order valence-electron chi connectivity index (χ4n) is 0.891. The lowest BCUT2D eigenvalue weighted by Gasteiger charge is -2.16. The number of hydrogen-bond donors (Lipinski definition) is 1. The van der Waals surface area contributed by atoms with Crippen molar-refractivity contribution in [2.45, 2.75) is 38.9 Å². The maximum absolute atomic E-state index is 10.7. The molecule has 0 saturated heterocycles. The van der Waals surface area contributed by atoms with Gasteiger partial charge in [0, 0.05) is 12.5 Å². The molecule has 12 heavy (non-hydrogen) atoms. The minimum atomic E-state index is -0.437. The van der Waals surface area contributed by atoms with Crippen LogP contribution in [0.1, 0.15) is 26.7 Å². The number of carbonyl (C=O) groups is 1. The molecular weight excluding hydrogens is 156 g/mol. The molecule has 0 aliphatic heterocycles. The van der Waals surface area contributed by atoms with Gasteiger partial charge in [0.15, 0.2) is 0 Å². The number of ether oxygens (including phenoxy) is 1. The van der Waals surface area contributed by atoms with Gasteiger partial charge in [0.05, 0.1) is 6.10 Å². The SMILES string of the molecule is C=CC(=O)OC(CC)CC(C)O. The molecule has 0 amide bonds. The Labute approximate surface area is 73.0 Å². The first-order valence-corrected chi connectivity index (χ1v) is 4.11. The maximum atomic E-state index is 10.7. The Morgan fingerprint density at radius 2 is 2.33 bits per heavy atom. The number of aliphatic hydroxyl groups is 1. The molecule has 2 unspecified atom stereocenters. The Morgan fingerprint density at radius 3 is 2.67 bits per heavy atom. The van der Waals surface area contributed by atoms with Crippen LogP contribution in [0.4, 0.5) is 0 Å². The van der Waals surface area contributed by atoms with E-state index in [1.54, 1.807) is 6.92 Å². The lowest BCUT2D eigenvalue weighted by molar-refractivity contribution is -0.144. The highest BCUT2D eigenvalue weighted by atomic mass is 16.5. The summed E-state index contributed by atoms with van der Waals surface area (Å²) in [5.41, 5.74) is 0. The van der Waals surface area contributed by atoms with Crippen molar-refractivity contribution in [1.29, 1.82) is 0 Å². The fraction of sp³-hybridized carbons (Fsp3) is 0.667. The van der Waals surface area contributed by atoms with E-state index in [2.05, 4.69) is 6.58 Å². The Balaban J connectivity index is 3.82. The topological polar surface area (TPSA) is 46.5 Å². The summed E-state index contributed by atoms with van der Waals surface area (Å²) in [7, 11) is 0. The highest BCUT2D eigenvalue weighted by Gasteiger charge is 2.12. The summed E-state index contributed by atoms with van der Waals surface area (Å²) in [5, 5.41) is 9.02. The van der Waals surface area contributed by atoms with Crippen LogP contribution in [-0.4, -0.2) is 23.3 Å². The standard InChI is InChI=1S/C9H16O3/c1-4-8(6-7(3)10)12-9(11)5-2/h5,7-8,10H,2,4,6H2,1,3H3. The van der Waals surface area contributed by atoms with Crippen molar-refractivity contribution < 1.29 is 14.6 Å². The van der Waals surface area contributed by atoms with E-state index in [4.69, 9.17) is 9.84 Å². The smallest absolute Gasteiger partial charge is 0.330 e. The average Bonchev–Trinajstić information content (AvgIpc) is 2.02. The second-order valence-corrected chi connectivity index (χ2v) is 2.76. The zero-order valence-corrected chi connectivity index (χ0v) is 7.62. The van der Waals surface area contributed by atoms with Crippen molar-refractivity contribution >= 4 is 5.97 Å². The molecule has 70 valence electrons. The van der Waals surface area contributed by atoms with Crippen molar-refractivity contribution in [3.63, 3.8) is 0 Å². The molecule has 3 heteroatoms. The number of rotatable bonds is 5. The van der Waals surface area contributed by atoms with E-state index < -0.39 is 12.1 Å². The van der Waals surface area contributed by atoms with E-state index in [-0.39, 0.29) is 6.10 Å². The molecule has 0 rings (SSSR count). The summed E-state index contributed by atoms with van der Waals surface area (Å²) < 4.78 is 4.94. The molecule has 0 aliphatic rings. The molecule has 0 heterocycles. The molecule has 0 saturated carbocycles. The van der Waals surface area contributed by atoms with Gasteiger partial charge in [-0.15, -0.1) is 0 Å². The molecule has 0 aliphatic carbocycles. The Morgan fingerprint density at radius 1 is 1.75 bits per heavy atom. The second kappa shape index (κ2) is 5.77.